The van der Waals surface area contributed by atoms with E-state index >= 15 is 0 Å². The Morgan fingerprint density at radius 2 is 1.90 bits per heavy atom. The van der Waals surface area contributed by atoms with E-state index in [0.29, 0.717) is 18.0 Å². The van der Waals surface area contributed by atoms with E-state index in [1.165, 1.54) is 12.0 Å². The van der Waals surface area contributed by atoms with Crippen LogP contribution in [-0.4, -0.2) is 30.1 Å². The minimum absolute atomic E-state index is 0.0993. The summed E-state index contributed by atoms with van der Waals surface area (Å²) in [6, 6.07) is 12.2. The molecular formula is C18H30N2. The molecule has 0 spiro atoms. The molecule has 0 radical (unpaired) electrons. The van der Waals surface area contributed by atoms with Crippen molar-refractivity contribution in [2.45, 2.75) is 58.7 Å². The smallest absolute Gasteiger partial charge is 0.0560 e. The molecule has 0 saturated carbocycles. The molecule has 2 heteroatoms. The van der Waals surface area contributed by atoms with E-state index in [0.717, 1.165) is 13.1 Å². The Morgan fingerprint density at radius 1 is 1.25 bits per heavy atom. The Balaban J connectivity index is 2.31. The van der Waals surface area contributed by atoms with Crippen molar-refractivity contribution in [1.82, 2.24) is 10.2 Å². The van der Waals surface area contributed by atoms with Crippen molar-refractivity contribution in [1.29, 1.82) is 0 Å². The highest BCUT2D eigenvalue weighted by atomic mass is 15.3. The zero-order valence-corrected chi connectivity index (χ0v) is 13.7. The molecule has 112 valence electrons. The third-order valence-electron chi connectivity index (χ3n) is 5.06. The van der Waals surface area contributed by atoms with Crippen molar-refractivity contribution in [3.05, 3.63) is 35.9 Å². The fourth-order valence-electron chi connectivity index (χ4n) is 3.31. The number of rotatable bonds is 4. The van der Waals surface area contributed by atoms with E-state index in [9.17, 15) is 0 Å². The Hall–Kier alpha value is -0.860. The zero-order valence-electron chi connectivity index (χ0n) is 13.7. The first-order valence-electron chi connectivity index (χ1n) is 8.04. The summed E-state index contributed by atoms with van der Waals surface area (Å²) < 4.78 is 0. The molecule has 1 aliphatic heterocycles. The molecule has 1 fully saturated rings. The number of nitrogens with zero attached hydrogens (tertiary/aromatic N) is 1. The first-order chi connectivity index (χ1) is 9.49. The molecule has 0 amide bonds. The summed E-state index contributed by atoms with van der Waals surface area (Å²) in [5, 5.41) is 3.77. The third kappa shape index (κ3) is 2.91. The van der Waals surface area contributed by atoms with E-state index in [1.54, 1.807) is 0 Å². The van der Waals surface area contributed by atoms with Gasteiger partial charge in [0, 0.05) is 25.2 Å². The standard InChI is InChI=1S/C18H30N2/c1-6-15(4)20-12-17(14(2)3)19-13-18(20,5)16-10-8-7-9-11-16/h7-11,14-15,17,19H,6,12-13H2,1-5H3. The molecule has 3 unspecified atom stereocenters. The van der Waals surface area contributed by atoms with Gasteiger partial charge in [0.05, 0.1) is 5.54 Å². The van der Waals surface area contributed by atoms with Crippen LogP contribution in [0.5, 0.6) is 0 Å². The highest BCUT2D eigenvalue weighted by Gasteiger charge is 2.41. The fraction of sp³-hybridized carbons (Fsp3) is 0.667. The maximum atomic E-state index is 3.77. The second-order valence-electron chi connectivity index (χ2n) is 6.78. The van der Waals surface area contributed by atoms with Crippen molar-refractivity contribution >= 4 is 0 Å². The molecule has 0 aromatic heterocycles. The van der Waals surface area contributed by atoms with Crippen LogP contribution in [0.15, 0.2) is 30.3 Å². The van der Waals surface area contributed by atoms with Crippen molar-refractivity contribution < 1.29 is 0 Å². The van der Waals surface area contributed by atoms with Crippen LogP contribution < -0.4 is 5.32 Å². The van der Waals surface area contributed by atoms with E-state index < -0.39 is 0 Å². The molecule has 3 atom stereocenters. The van der Waals surface area contributed by atoms with Gasteiger partial charge in [0.15, 0.2) is 0 Å². The normalized spacial score (nSPS) is 29.6. The molecule has 2 rings (SSSR count). The minimum atomic E-state index is 0.0993. The monoisotopic (exact) mass is 274 g/mol. The van der Waals surface area contributed by atoms with Crippen LogP contribution in [-0.2, 0) is 5.54 Å². The second-order valence-corrected chi connectivity index (χ2v) is 6.78. The van der Waals surface area contributed by atoms with Crippen molar-refractivity contribution in [2.75, 3.05) is 13.1 Å². The van der Waals surface area contributed by atoms with Gasteiger partial charge in [0.1, 0.15) is 0 Å². The molecule has 1 aromatic carbocycles. The molecule has 1 heterocycles. The molecule has 1 aromatic rings. The highest BCUT2D eigenvalue weighted by Crippen LogP contribution is 2.34. The van der Waals surface area contributed by atoms with Crippen LogP contribution in [0.3, 0.4) is 0 Å². The summed E-state index contributed by atoms with van der Waals surface area (Å²) in [5.41, 5.74) is 1.53. The molecule has 1 saturated heterocycles. The quantitative estimate of drug-likeness (QED) is 0.902. The number of nitrogens with one attached hydrogen (secondary N) is 1. The van der Waals surface area contributed by atoms with Gasteiger partial charge in [-0.2, -0.15) is 0 Å². The first-order valence-corrected chi connectivity index (χ1v) is 8.04. The molecule has 1 N–H and O–H groups in total. The molecule has 1 aliphatic rings. The second kappa shape index (κ2) is 6.28. The van der Waals surface area contributed by atoms with Crippen LogP contribution in [0.4, 0.5) is 0 Å². The van der Waals surface area contributed by atoms with Crippen LogP contribution in [0.1, 0.15) is 46.6 Å². The van der Waals surface area contributed by atoms with Crippen LogP contribution >= 0.6 is 0 Å². The lowest BCUT2D eigenvalue weighted by Crippen LogP contribution is -2.64. The minimum Gasteiger partial charge on any atom is -0.310 e. The van der Waals surface area contributed by atoms with Crippen LogP contribution in [0.2, 0.25) is 0 Å². The van der Waals surface area contributed by atoms with Gasteiger partial charge < -0.3 is 5.32 Å². The molecule has 20 heavy (non-hydrogen) atoms. The summed E-state index contributed by atoms with van der Waals surface area (Å²) in [4.78, 5) is 2.71. The Morgan fingerprint density at radius 3 is 2.45 bits per heavy atom. The molecule has 0 aliphatic carbocycles. The Labute approximate surface area is 124 Å². The SMILES string of the molecule is CCC(C)N1CC(C(C)C)NCC1(C)c1ccccc1. The molecular weight excluding hydrogens is 244 g/mol. The van der Waals surface area contributed by atoms with Gasteiger partial charge >= 0.3 is 0 Å². The third-order valence-corrected chi connectivity index (χ3v) is 5.06. The van der Waals surface area contributed by atoms with Crippen molar-refractivity contribution in [3.8, 4) is 0 Å². The first kappa shape index (κ1) is 15.5. The highest BCUT2D eigenvalue weighted by molar-refractivity contribution is 5.26. The number of piperazine rings is 1. The topological polar surface area (TPSA) is 15.3 Å². The predicted molar refractivity (Wildman–Crippen MR) is 86.9 cm³/mol. The van der Waals surface area contributed by atoms with Gasteiger partial charge in [-0.1, -0.05) is 51.1 Å². The Bertz CT molecular complexity index is 415. The van der Waals surface area contributed by atoms with Gasteiger partial charge in [0.2, 0.25) is 0 Å². The van der Waals surface area contributed by atoms with E-state index in [2.05, 4.69) is 75.2 Å². The van der Waals surface area contributed by atoms with Gasteiger partial charge in [0.25, 0.3) is 0 Å². The maximum Gasteiger partial charge on any atom is 0.0560 e. The molecule has 2 nitrogen and oxygen atoms in total. The maximum absolute atomic E-state index is 3.77. The summed E-state index contributed by atoms with van der Waals surface area (Å²) in [6.45, 7) is 13.8. The Kier molecular flexibility index (Phi) is 4.87. The lowest BCUT2D eigenvalue weighted by Gasteiger charge is -2.52. The van der Waals surface area contributed by atoms with Gasteiger partial charge in [-0.05, 0) is 31.7 Å². The summed E-state index contributed by atoms with van der Waals surface area (Å²) in [5.74, 6) is 0.682. The lowest BCUT2D eigenvalue weighted by atomic mass is 9.84. The molecule has 0 bridgehead atoms. The number of hydrogen-bond acceptors (Lipinski definition) is 2. The largest absolute Gasteiger partial charge is 0.310 e. The van der Waals surface area contributed by atoms with Crippen LogP contribution in [0, 0.1) is 5.92 Å². The van der Waals surface area contributed by atoms with Crippen LogP contribution in [0.25, 0.3) is 0 Å². The average molecular weight is 274 g/mol. The van der Waals surface area contributed by atoms with Gasteiger partial charge in [-0.25, -0.2) is 0 Å². The predicted octanol–water partition coefficient (Wildman–Crippen LogP) is 3.63. The van der Waals surface area contributed by atoms with Gasteiger partial charge in [-0.3, -0.25) is 4.90 Å². The van der Waals surface area contributed by atoms with Crippen molar-refractivity contribution in [2.24, 2.45) is 5.92 Å². The van der Waals surface area contributed by atoms with Crippen molar-refractivity contribution in [3.63, 3.8) is 0 Å². The summed E-state index contributed by atoms with van der Waals surface area (Å²) in [6.07, 6.45) is 1.20. The van der Waals surface area contributed by atoms with E-state index in [4.69, 9.17) is 0 Å². The zero-order chi connectivity index (χ0) is 14.8. The van der Waals surface area contributed by atoms with E-state index in [1.807, 2.05) is 0 Å². The number of hydrogen-bond donors (Lipinski definition) is 1. The average Bonchev–Trinajstić information content (AvgIpc) is 2.47. The van der Waals surface area contributed by atoms with E-state index in [-0.39, 0.29) is 5.54 Å². The van der Waals surface area contributed by atoms with Gasteiger partial charge in [-0.15, -0.1) is 0 Å². The summed E-state index contributed by atoms with van der Waals surface area (Å²) >= 11 is 0. The fourth-order valence-corrected chi connectivity index (χ4v) is 3.31. The summed E-state index contributed by atoms with van der Waals surface area (Å²) in [7, 11) is 0. The number of benzene rings is 1. The lowest BCUT2D eigenvalue weighted by molar-refractivity contribution is 0.00589.